The van der Waals surface area contributed by atoms with Crippen molar-refractivity contribution in [1.82, 2.24) is 0 Å². The van der Waals surface area contributed by atoms with Gasteiger partial charge in [-0.05, 0) is 28.1 Å². The van der Waals surface area contributed by atoms with E-state index in [-0.39, 0.29) is 4.47 Å². The quantitative estimate of drug-likeness (QED) is 0.649. The number of hydrogen-bond donors (Lipinski definition) is 2. The van der Waals surface area contributed by atoms with E-state index in [1.165, 1.54) is 0 Å². The van der Waals surface area contributed by atoms with Crippen molar-refractivity contribution in [3.05, 3.63) is 27.7 Å². The maximum atomic E-state index is 12.5. The molecule has 0 atom stereocenters. The molecule has 1 aromatic carbocycles. The summed E-state index contributed by atoms with van der Waals surface area (Å²) in [5, 5.41) is 17.5. The van der Waals surface area contributed by atoms with Gasteiger partial charge in [0.2, 0.25) is 0 Å². The lowest BCUT2D eigenvalue weighted by molar-refractivity contribution is -0.138. The predicted octanol–water partition coefficient (Wildman–Crippen LogP) is 2.44. The van der Waals surface area contributed by atoms with Crippen molar-refractivity contribution < 1.29 is 33.0 Å². The third-order valence-corrected chi connectivity index (χ3v) is 2.47. The maximum Gasteiger partial charge on any atom is 0.417 e. The fourth-order valence-electron chi connectivity index (χ4n) is 1.10. The van der Waals surface area contributed by atoms with Gasteiger partial charge in [-0.3, -0.25) is 4.79 Å². The molecule has 0 fully saturated rings. The molecule has 0 aromatic heterocycles. The van der Waals surface area contributed by atoms with E-state index in [1.54, 1.807) is 0 Å². The second kappa shape index (κ2) is 4.36. The highest BCUT2D eigenvalue weighted by atomic mass is 79.9. The molecule has 0 amide bonds. The Bertz CT molecular complexity index is 496. The number of phenols is 1. The van der Waals surface area contributed by atoms with Crippen molar-refractivity contribution in [2.75, 3.05) is 0 Å². The molecule has 4 nitrogen and oxygen atoms in total. The van der Waals surface area contributed by atoms with Crippen LogP contribution in [0, 0.1) is 0 Å². The number of ketones is 1. The van der Waals surface area contributed by atoms with Crippen LogP contribution >= 0.6 is 15.9 Å². The molecule has 92 valence electrons. The summed E-state index contributed by atoms with van der Waals surface area (Å²) in [6.45, 7) is 0. The van der Waals surface area contributed by atoms with Gasteiger partial charge >= 0.3 is 12.1 Å². The third-order valence-electron chi connectivity index (χ3n) is 1.83. The molecule has 0 radical (unpaired) electrons. The van der Waals surface area contributed by atoms with Gasteiger partial charge in [-0.25, -0.2) is 4.79 Å². The van der Waals surface area contributed by atoms with Gasteiger partial charge in [0.05, 0.1) is 10.0 Å². The smallest absolute Gasteiger partial charge is 0.417 e. The molecule has 0 saturated carbocycles. The molecule has 2 N–H and O–H groups in total. The van der Waals surface area contributed by atoms with Gasteiger partial charge in [-0.15, -0.1) is 0 Å². The lowest BCUT2D eigenvalue weighted by Crippen LogP contribution is -2.19. The molecule has 0 spiro atoms. The number of phenolic OH excluding ortho intramolecular Hbond substituents is 1. The van der Waals surface area contributed by atoms with Gasteiger partial charge in [0.25, 0.3) is 5.78 Å². The number of halogens is 4. The van der Waals surface area contributed by atoms with Gasteiger partial charge in [0, 0.05) is 5.56 Å². The number of aliphatic carboxylic acids is 1. The summed E-state index contributed by atoms with van der Waals surface area (Å²) in [4.78, 5) is 21.5. The van der Waals surface area contributed by atoms with E-state index < -0.39 is 34.8 Å². The number of carbonyl (C=O) groups excluding carboxylic acids is 1. The van der Waals surface area contributed by atoms with Crippen LogP contribution in [0.4, 0.5) is 13.2 Å². The lowest BCUT2D eigenvalue weighted by atomic mass is 10.0. The Labute approximate surface area is 101 Å². The number of hydrogen-bond acceptors (Lipinski definition) is 3. The zero-order chi connectivity index (χ0) is 13.4. The van der Waals surface area contributed by atoms with Crippen molar-refractivity contribution >= 4 is 27.7 Å². The first-order valence-electron chi connectivity index (χ1n) is 4.02. The summed E-state index contributed by atoms with van der Waals surface area (Å²) < 4.78 is 37.3. The number of carbonyl (C=O) groups is 2. The Balaban J connectivity index is 3.52. The molecule has 0 bridgehead atoms. The minimum Gasteiger partial charge on any atom is -0.507 e. The molecule has 1 aromatic rings. The van der Waals surface area contributed by atoms with Crippen molar-refractivity contribution in [2.24, 2.45) is 0 Å². The molecule has 0 heterocycles. The first-order chi connectivity index (χ1) is 7.64. The first kappa shape index (κ1) is 13.5. The van der Waals surface area contributed by atoms with E-state index in [0.717, 1.165) is 0 Å². The van der Waals surface area contributed by atoms with E-state index in [1.807, 2.05) is 0 Å². The van der Waals surface area contributed by atoms with Gasteiger partial charge in [0.15, 0.2) is 0 Å². The highest BCUT2D eigenvalue weighted by Gasteiger charge is 2.37. The van der Waals surface area contributed by atoms with Crippen LogP contribution in [-0.2, 0) is 11.0 Å². The monoisotopic (exact) mass is 312 g/mol. The average Bonchev–Trinajstić information content (AvgIpc) is 2.18. The fraction of sp³-hybridized carbons (Fsp3) is 0.111. The van der Waals surface area contributed by atoms with Crippen LogP contribution in [0.25, 0.3) is 0 Å². The highest BCUT2D eigenvalue weighted by molar-refractivity contribution is 9.10. The van der Waals surface area contributed by atoms with Crippen molar-refractivity contribution in [3.8, 4) is 5.75 Å². The van der Waals surface area contributed by atoms with Crippen LogP contribution in [-0.4, -0.2) is 22.0 Å². The van der Waals surface area contributed by atoms with Crippen LogP contribution in [0.2, 0.25) is 0 Å². The second-order valence-electron chi connectivity index (χ2n) is 2.98. The molecule has 0 aliphatic heterocycles. The van der Waals surface area contributed by atoms with Crippen LogP contribution in [0.3, 0.4) is 0 Å². The first-order valence-corrected chi connectivity index (χ1v) is 4.81. The van der Waals surface area contributed by atoms with E-state index in [9.17, 15) is 22.8 Å². The van der Waals surface area contributed by atoms with Crippen LogP contribution < -0.4 is 0 Å². The highest BCUT2D eigenvalue weighted by Crippen LogP contribution is 2.37. The standard InChI is InChI=1S/C9H4BrF3O4/c10-5-1-3(7(15)8(16)17)4(2-6(5)14)9(11,12)13/h1-2,14H,(H,16,17). The van der Waals surface area contributed by atoms with E-state index in [2.05, 4.69) is 15.9 Å². The molecule has 0 saturated heterocycles. The maximum absolute atomic E-state index is 12.5. The topological polar surface area (TPSA) is 74.6 Å². The van der Waals surface area contributed by atoms with Crippen molar-refractivity contribution in [2.45, 2.75) is 6.18 Å². The number of carboxylic acids is 1. The number of carboxylic acid groups (broad SMARTS) is 1. The Hall–Kier alpha value is -1.57. The Morgan fingerprint density at radius 3 is 2.18 bits per heavy atom. The Kier molecular flexibility index (Phi) is 3.46. The molecule has 0 unspecified atom stereocenters. The lowest BCUT2D eigenvalue weighted by Gasteiger charge is -2.12. The normalized spacial score (nSPS) is 11.3. The van der Waals surface area contributed by atoms with Gasteiger partial charge < -0.3 is 10.2 Å². The minimum atomic E-state index is -4.93. The van der Waals surface area contributed by atoms with Gasteiger partial charge in [0.1, 0.15) is 5.75 Å². The van der Waals surface area contributed by atoms with E-state index in [4.69, 9.17) is 10.2 Å². The third kappa shape index (κ3) is 2.76. The summed E-state index contributed by atoms with van der Waals surface area (Å²) in [5.41, 5.74) is -2.53. The average molecular weight is 313 g/mol. The molecule has 0 aliphatic carbocycles. The summed E-state index contributed by atoms with van der Waals surface area (Å²) in [6.07, 6.45) is -4.93. The number of rotatable bonds is 2. The zero-order valence-electron chi connectivity index (χ0n) is 7.88. The molecular formula is C9H4BrF3O4. The van der Waals surface area contributed by atoms with Crippen molar-refractivity contribution in [3.63, 3.8) is 0 Å². The Morgan fingerprint density at radius 2 is 1.76 bits per heavy atom. The number of aromatic hydroxyl groups is 1. The SMILES string of the molecule is O=C(O)C(=O)c1cc(Br)c(O)cc1C(F)(F)F. The van der Waals surface area contributed by atoms with Gasteiger partial charge in [-0.1, -0.05) is 0 Å². The van der Waals surface area contributed by atoms with E-state index >= 15 is 0 Å². The molecule has 0 aliphatic rings. The second-order valence-corrected chi connectivity index (χ2v) is 3.84. The largest absolute Gasteiger partial charge is 0.507 e. The molecule has 17 heavy (non-hydrogen) atoms. The van der Waals surface area contributed by atoms with Crippen LogP contribution in [0.5, 0.6) is 5.75 Å². The Morgan fingerprint density at radius 1 is 1.24 bits per heavy atom. The molecule has 1 rings (SSSR count). The molecular weight excluding hydrogens is 309 g/mol. The van der Waals surface area contributed by atoms with Crippen molar-refractivity contribution in [1.29, 1.82) is 0 Å². The predicted molar refractivity (Wildman–Crippen MR) is 52.8 cm³/mol. The summed E-state index contributed by atoms with van der Waals surface area (Å²) in [7, 11) is 0. The summed E-state index contributed by atoms with van der Waals surface area (Å²) in [5.74, 6) is -4.44. The zero-order valence-corrected chi connectivity index (χ0v) is 9.46. The van der Waals surface area contributed by atoms with Gasteiger partial charge in [-0.2, -0.15) is 13.2 Å². The molecule has 8 heteroatoms. The van der Waals surface area contributed by atoms with Crippen LogP contribution in [0.15, 0.2) is 16.6 Å². The van der Waals surface area contributed by atoms with E-state index in [0.29, 0.717) is 12.1 Å². The summed E-state index contributed by atoms with van der Waals surface area (Å²) in [6, 6.07) is 0.912. The minimum absolute atomic E-state index is 0.199. The fourth-order valence-corrected chi connectivity index (χ4v) is 1.44. The van der Waals surface area contributed by atoms with Crippen LogP contribution in [0.1, 0.15) is 15.9 Å². The number of alkyl halides is 3. The number of benzene rings is 1. The summed E-state index contributed by atoms with van der Waals surface area (Å²) >= 11 is 2.70. The number of Topliss-reactive ketones (excluding diaryl/α,β-unsaturated/α-hetero) is 1.